The Kier molecular flexibility index (Phi) is 7.31. The van der Waals surface area contributed by atoms with Crippen LogP contribution in [0.4, 0.5) is 0 Å². The van der Waals surface area contributed by atoms with Crippen molar-refractivity contribution in [3.05, 3.63) is 66.5 Å². The molecule has 9 nitrogen and oxygen atoms in total. The molecule has 1 saturated heterocycles. The molecule has 2 aromatic carbocycles. The van der Waals surface area contributed by atoms with Crippen molar-refractivity contribution in [2.75, 3.05) is 26.3 Å². The lowest BCUT2D eigenvalue weighted by molar-refractivity contribution is -0.151. The summed E-state index contributed by atoms with van der Waals surface area (Å²) in [4.78, 5) is 43.1. The van der Waals surface area contributed by atoms with E-state index in [1.807, 2.05) is 60.7 Å². The summed E-state index contributed by atoms with van der Waals surface area (Å²) in [5.41, 5.74) is 1.53. The van der Waals surface area contributed by atoms with Crippen LogP contribution in [0.15, 0.2) is 60.7 Å². The average molecular weight is 463 g/mol. The second-order valence-corrected chi connectivity index (χ2v) is 7.86. The summed E-state index contributed by atoms with van der Waals surface area (Å²) in [6.07, 6.45) is 1.06. The number of hydrogen-bond acceptors (Lipinski definition) is 7. The molecule has 2 heterocycles. The lowest BCUT2D eigenvalue weighted by Gasteiger charge is -2.30. The van der Waals surface area contributed by atoms with Crippen LogP contribution in [0.1, 0.15) is 30.4 Å². The van der Waals surface area contributed by atoms with Gasteiger partial charge in [0.15, 0.2) is 12.4 Å². The van der Waals surface area contributed by atoms with Gasteiger partial charge in [-0.15, -0.1) is 5.10 Å². The fourth-order valence-corrected chi connectivity index (χ4v) is 3.83. The van der Waals surface area contributed by atoms with Crippen LogP contribution in [0.3, 0.4) is 0 Å². The van der Waals surface area contributed by atoms with Gasteiger partial charge >= 0.3 is 11.9 Å². The largest absolute Gasteiger partial charge is 0.466 e. The van der Waals surface area contributed by atoms with Crippen LogP contribution < -0.4 is 0 Å². The number of likely N-dealkylation sites (tertiary alicyclic amines) is 1. The van der Waals surface area contributed by atoms with Crippen molar-refractivity contribution in [3.8, 4) is 17.1 Å². The van der Waals surface area contributed by atoms with Gasteiger partial charge in [0, 0.05) is 18.7 Å². The van der Waals surface area contributed by atoms with E-state index in [4.69, 9.17) is 9.47 Å². The number of benzene rings is 2. The molecule has 0 aliphatic carbocycles. The number of hydrogen-bond donors (Lipinski definition) is 0. The van der Waals surface area contributed by atoms with Crippen LogP contribution in [-0.4, -0.2) is 63.8 Å². The zero-order valence-electron chi connectivity index (χ0n) is 18.9. The molecular formula is C25H26N4O5. The summed E-state index contributed by atoms with van der Waals surface area (Å²) >= 11 is 0. The smallest absolute Gasteiger partial charge is 0.378 e. The van der Waals surface area contributed by atoms with Crippen LogP contribution in [0, 0.1) is 5.92 Å². The summed E-state index contributed by atoms with van der Waals surface area (Å²) in [7, 11) is 0. The Bertz CT molecular complexity index is 1080. The summed E-state index contributed by atoms with van der Waals surface area (Å²) in [6.45, 7) is 2.53. The molecule has 0 bridgehead atoms. The summed E-state index contributed by atoms with van der Waals surface area (Å²) in [6, 6.07) is 18.7. The molecule has 176 valence electrons. The lowest BCUT2D eigenvalue weighted by atomic mass is 9.97. The first-order valence-corrected chi connectivity index (χ1v) is 11.3. The quantitative estimate of drug-likeness (QED) is 0.497. The van der Waals surface area contributed by atoms with Gasteiger partial charge in [0.2, 0.25) is 0 Å². The van der Waals surface area contributed by atoms with Gasteiger partial charge in [0.05, 0.1) is 18.2 Å². The number of nitrogens with zero attached hydrogens (tertiary/aromatic N) is 4. The summed E-state index contributed by atoms with van der Waals surface area (Å²) < 4.78 is 11.9. The van der Waals surface area contributed by atoms with Crippen molar-refractivity contribution < 1.29 is 23.9 Å². The Morgan fingerprint density at radius 3 is 2.24 bits per heavy atom. The van der Waals surface area contributed by atoms with Crippen molar-refractivity contribution >= 4 is 17.8 Å². The fourth-order valence-electron chi connectivity index (χ4n) is 3.83. The number of esters is 2. The number of ether oxygens (including phenoxy) is 2. The second-order valence-electron chi connectivity index (χ2n) is 7.86. The van der Waals surface area contributed by atoms with E-state index in [2.05, 4.69) is 10.1 Å². The van der Waals surface area contributed by atoms with Crippen LogP contribution in [0.2, 0.25) is 0 Å². The van der Waals surface area contributed by atoms with Gasteiger partial charge in [-0.3, -0.25) is 9.59 Å². The van der Waals surface area contributed by atoms with E-state index >= 15 is 0 Å². The maximum atomic E-state index is 12.7. The molecule has 0 atom stereocenters. The van der Waals surface area contributed by atoms with Gasteiger partial charge in [0.1, 0.15) is 0 Å². The van der Waals surface area contributed by atoms with Crippen LogP contribution in [-0.2, 0) is 19.1 Å². The topological polar surface area (TPSA) is 104 Å². The molecule has 4 rings (SSSR count). The summed E-state index contributed by atoms with van der Waals surface area (Å²) in [5, 5.41) is 4.35. The van der Waals surface area contributed by atoms with Crippen LogP contribution >= 0.6 is 0 Å². The third-order valence-corrected chi connectivity index (χ3v) is 5.62. The second kappa shape index (κ2) is 10.7. The Labute approximate surface area is 197 Å². The Morgan fingerprint density at radius 1 is 0.941 bits per heavy atom. The molecule has 0 N–H and O–H groups in total. The van der Waals surface area contributed by atoms with Crippen molar-refractivity contribution in [2.24, 2.45) is 5.92 Å². The van der Waals surface area contributed by atoms with E-state index in [9.17, 15) is 14.4 Å². The first-order valence-electron chi connectivity index (χ1n) is 11.3. The number of piperidine rings is 1. The van der Waals surface area contributed by atoms with E-state index in [0.717, 1.165) is 11.3 Å². The lowest BCUT2D eigenvalue weighted by Crippen LogP contribution is -2.42. The van der Waals surface area contributed by atoms with E-state index in [0.29, 0.717) is 38.4 Å². The predicted molar refractivity (Wildman–Crippen MR) is 123 cm³/mol. The minimum atomic E-state index is -0.776. The van der Waals surface area contributed by atoms with Gasteiger partial charge < -0.3 is 14.4 Å². The molecule has 9 heteroatoms. The van der Waals surface area contributed by atoms with Crippen molar-refractivity contribution in [3.63, 3.8) is 0 Å². The van der Waals surface area contributed by atoms with Gasteiger partial charge in [0.25, 0.3) is 11.7 Å². The van der Waals surface area contributed by atoms with Gasteiger partial charge in [-0.1, -0.05) is 48.5 Å². The van der Waals surface area contributed by atoms with Crippen LogP contribution in [0.5, 0.6) is 0 Å². The molecule has 1 aliphatic rings. The molecule has 0 radical (unpaired) electrons. The third kappa shape index (κ3) is 5.31. The zero-order chi connectivity index (χ0) is 23.9. The molecule has 3 aromatic rings. The van der Waals surface area contributed by atoms with E-state index < -0.39 is 12.6 Å². The fraction of sp³-hybridized carbons (Fsp3) is 0.320. The number of amides is 1. The van der Waals surface area contributed by atoms with E-state index in [1.165, 1.54) is 0 Å². The van der Waals surface area contributed by atoms with Crippen molar-refractivity contribution in [1.82, 2.24) is 19.7 Å². The number of rotatable bonds is 7. The van der Waals surface area contributed by atoms with E-state index in [1.54, 1.807) is 16.5 Å². The molecule has 1 amide bonds. The molecule has 0 unspecified atom stereocenters. The SMILES string of the molecule is CCOC(=O)C1CCN(C(=O)COC(=O)c2nc(-c3ccccc3)n(-c3ccccc3)n2)CC1. The minimum absolute atomic E-state index is 0.128. The molecule has 0 saturated carbocycles. The average Bonchev–Trinajstić information content (AvgIpc) is 3.34. The summed E-state index contributed by atoms with van der Waals surface area (Å²) in [5.74, 6) is -1.16. The maximum absolute atomic E-state index is 12.7. The highest BCUT2D eigenvalue weighted by atomic mass is 16.5. The Hall–Kier alpha value is -4.01. The van der Waals surface area contributed by atoms with E-state index in [-0.39, 0.29) is 23.6 Å². The first-order chi connectivity index (χ1) is 16.6. The highest BCUT2D eigenvalue weighted by molar-refractivity contribution is 5.88. The van der Waals surface area contributed by atoms with Crippen molar-refractivity contribution in [1.29, 1.82) is 0 Å². The van der Waals surface area contributed by atoms with Gasteiger partial charge in [-0.25, -0.2) is 14.5 Å². The standard InChI is InChI=1S/C25H26N4O5/c1-2-33-24(31)19-13-15-28(16-14-19)21(30)17-34-25(32)22-26-23(18-9-5-3-6-10-18)29(27-22)20-11-7-4-8-12-20/h3-12,19H,2,13-17H2,1H3. The number of para-hydroxylation sites is 1. The molecule has 1 aliphatic heterocycles. The molecule has 1 fully saturated rings. The zero-order valence-corrected chi connectivity index (χ0v) is 18.9. The minimum Gasteiger partial charge on any atom is -0.466 e. The number of carbonyl (C=O) groups excluding carboxylic acids is 3. The number of carbonyl (C=O) groups is 3. The maximum Gasteiger partial charge on any atom is 0.378 e. The Morgan fingerprint density at radius 2 is 1.59 bits per heavy atom. The van der Waals surface area contributed by atoms with Crippen LogP contribution in [0.25, 0.3) is 17.1 Å². The Balaban J connectivity index is 1.41. The van der Waals surface area contributed by atoms with Crippen molar-refractivity contribution in [2.45, 2.75) is 19.8 Å². The molecule has 34 heavy (non-hydrogen) atoms. The molecule has 0 spiro atoms. The highest BCUT2D eigenvalue weighted by Crippen LogP contribution is 2.22. The highest BCUT2D eigenvalue weighted by Gasteiger charge is 2.29. The monoisotopic (exact) mass is 462 g/mol. The predicted octanol–water partition coefficient (Wildman–Crippen LogP) is 2.89. The first kappa shape index (κ1) is 23.2. The van der Waals surface area contributed by atoms with Gasteiger partial charge in [-0.2, -0.15) is 0 Å². The number of aromatic nitrogens is 3. The molecular weight excluding hydrogens is 436 g/mol. The van der Waals surface area contributed by atoms with Gasteiger partial charge in [-0.05, 0) is 31.9 Å². The third-order valence-electron chi connectivity index (χ3n) is 5.62. The molecule has 1 aromatic heterocycles. The normalized spacial score (nSPS) is 14.0.